The van der Waals surface area contributed by atoms with Gasteiger partial charge in [0.15, 0.2) is 0 Å². The highest BCUT2D eigenvalue weighted by Crippen LogP contribution is 2.40. The van der Waals surface area contributed by atoms with Crippen molar-refractivity contribution < 1.29 is 0 Å². The Kier molecular flexibility index (Phi) is 2.90. The van der Waals surface area contributed by atoms with E-state index in [1.165, 1.54) is 37.4 Å². The van der Waals surface area contributed by atoms with Gasteiger partial charge in [-0.05, 0) is 30.6 Å². The summed E-state index contributed by atoms with van der Waals surface area (Å²) in [7, 11) is 0. The van der Waals surface area contributed by atoms with Gasteiger partial charge in [-0.15, -0.1) is 12.4 Å². The smallest absolute Gasteiger partial charge is 0.00165 e. The number of halogens is 1. The van der Waals surface area contributed by atoms with Gasteiger partial charge in [0, 0.05) is 12.3 Å². The Morgan fingerprint density at radius 3 is 2.70 bits per heavy atom. The molecular formula is C7H14ClNS. The first-order valence-corrected chi connectivity index (χ1v) is 4.85. The van der Waals surface area contributed by atoms with Crippen molar-refractivity contribution >= 4 is 24.2 Å². The zero-order valence-electron chi connectivity index (χ0n) is 6.06. The maximum absolute atomic E-state index is 3.44. The summed E-state index contributed by atoms with van der Waals surface area (Å²) in [5.41, 5.74) is 0.741. The van der Waals surface area contributed by atoms with Crippen LogP contribution in [0.2, 0.25) is 0 Å². The molecule has 0 aromatic heterocycles. The van der Waals surface area contributed by atoms with E-state index < -0.39 is 0 Å². The molecule has 10 heavy (non-hydrogen) atoms. The van der Waals surface area contributed by atoms with Crippen molar-refractivity contribution in [1.29, 1.82) is 0 Å². The Bertz CT molecular complexity index is 88.7. The van der Waals surface area contributed by atoms with Crippen LogP contribution < -0.4 is 5.32 Å². The number of hydrogen-bond acceptors (Lipinski definition) is 2. The van der Waals surface area contributed by atoms with Gasteiger partial charge in [-0.3, -0.25) is 0 Å². The van der Waals surface area contributed by atoms with Gasteiger partial charge in [0.2, 0.25) is 0 Å². The van der Waals surface area contributed by atoms with Crippen molar-refractivity contribution in [3.05, 3.63) is 0 Å². The largest absolute Gasteiger partial charge is 0.316 e. The summed E-state index contributed by atoms with van der Waals surface area (Å²) in [5.74, 6) is 2.82. The highest BCUT2D eigenvalue weighted by atomic mass is 35.5. The molecule has 1 spiro atoms. The number of nitrogens with one attached hydrogen (secondary N) is 1. The van der Waals surface area contributed by atoms with E-state index in [0.29, 0.717) is 0 Å². The predicted octanol–water partition coefficient (Wildman–Crippen LogP) is 1.52. The molecule has 0 aromatic carbocycles. The zero-order valence-corrected chi connectivity index (χ0v) is 7.69. The normalized spacial score (nSPS) is 38.4. The van der Waals surface area contributed by atoms with Crippen LogP contribution in [-0.2, 0) is 0 Å². The third-order valence-corrected chi connectivity index (χ3v) is 3.83. The molecule has 0 aliphatic carbocycles. The molecule has 2 rings (SSSR count). The maximum Gasteiger partial charge on any atom is 0.00165 e. The Hall–Kier alpha value is 0.600. The van der Waals surface area contributed by atoms with Gasteiger partial charge in [-0.2, -0.15) is 11.8 Å². The molecule has 1 atom stereocenters. The summed E-state index contributed by atoms with van der Waals surface area (Å²) in [6.07, 6.45) is 2.89. The molecule has 0 saturated carbocycles. The van der Waals surface area contributed by atoms with E-state index in [-0.39, 0.29) is 12.4 Å². The van der Waals surface area contributed by atoms with E-state index >= 15 is 0 Å². The molecule has 2 saturated heterocycles. The van der Waals surface area contributed by atoms with Crippen molar-refractivity contribution in [2.24, 2.45) is 5.41 Å². The van der Waals surface area contributed by atoms with Crippen molar-refractivity contribution in [2.45, 2.75) is 12.8 Å². The molecule has 2 fully saturated rings. The fourth-order valence-corrected chi connectivity index (χ4v) is 3.33. The van der Waals surface area contributed by atoms with Gasteiger partial charge in [-0.1, -0.05) is 0 Å². The quantitative estimate of drug-likeness (QED) is 0.606. The van der Waals surface area contributed by atoms with E-state index in [4.69, 9.17) is 0 Å². The SMILES string of the molecule is C1CC2(CCSC2)CN1.Cl. The fraction of sp³-hybridized carbons (Fsp3) is 1.00. The monoisotopic (exact) mass is 179 g/mol. The minimum absolute atomic E-state index is 0. The number of rotatable bonds is 0. The highest BCUT2D eigenvalue weighted by molar-refractivity contribution is 7.99. The van der Waals surface area contributed by atoms with Crippen LogP contribution in [-0.4, -0.2) is 24.6 Å². The van der Waals surface area contributed by atoms with Crippen LogP contribution in [0.5, 0.6) is 0 Å². The van der Waals surface area contributed by atoms with Crippen molar-refractivity contribution in [3.8, 4) is 0 Å². The van der Waals surface area contributed by atoms with Crippen LogP contribution in [0.1, 0.15) is 12.8 Å². The van der Waals surface area contributed by atoms with E-state index in [1.54, 1.807) is 0 Å². The van der Waals surface area contributed by atoms with Gasteiger partial charge in [0.1, 0.15) is 0 Å². The minimum Gasteiger partial charge on any atom is -0.316 e. The topological polar surface area (TPSA) is 12.0 Å². The van der Waals surface area contributed by atoms with Crippen molar-refractivity contribution in [1.82, 2.24) is 5.32 Å². The van der Waals surface area contributed by atoms with E-state index in [1.807, 2.05) is 0 Å². The molecule has 2 aliphatic heterocycles. The second-order valence-electron chi connectivity index (χ2n) is 3.23. The van der Waals surface area contributed by atoms with Gasteiger partial charge >= 0.3 is 0 Å². The van der Waals surface area contributed by atoms with Gasteiger partial charge in [-0.25, -0.2) is 0 Å². The molecule has 0 radical (unpaired) electrons. The molecule has 0 aromatic rings. The summed E-state index contributed by atoms with van der Waals surface area (Å²) < 4.78 is 0. The first kappa shape index (κ1) is 8.69. The van der Waals surface area contributed by atoms with Gasteiger partial charge < -0.3 is 5.32 Å². The summed E-state index contributed by atoms with van der Waals surface area (Å²) in [6, 6.07) is 0. The molecule has 1 unspecified atom stereocenters. The van der Waals surface area contributed by atoms with Crippen LogP contribution >= 0.6 is 24.2 Å². The van der Waals surface area contributed by atoms with Crippen molar-refractivity contribution in [2.75, 3.05) is 24.6 Å². The molecule has 1 nitrogen and oxygen atoms in total. The Morgan fingerprint density at radius 1 is 1.30 bits per heavy atom. The zero-order chi connectivity index (χ0) is 6.16. The van der Waals surface area contributed by atoms with Gasteiger partial charge in [0.05, 0.1) is 0 Å². The average molecular weight is 180 g/mol. The second kappa shape index (κ2) is 3.33. The number of hydrogen-bond donors (Lipinski definition) is 1. The lowest BCUT2D eigenvalue weighted by Crippen LogP contribution is -2.22. The van der Waals surface area contributed by atoms with Crippen LogP contribution in [0, 0.1) is 5.41 Å². The van der Waals surface area contributed by atoms with E-state index in [0.717, 1.165) is 5.41 Å². The fourth-order valence-electron chi connectivity index (χ4n) is 1.78. The van der Waals surface area contributed by atoms with E-state index in [9.17, 15) is 0 Å². The molecule has 0 amide bonds. The van der Waals surface area contributed by atoms with Gasteiger partial charge in [0.25, 0.3) is 0 Å². The van der Waals surface area contributed by atoms with Crippen LogP contribution in [0.4, 0.5) is 0 Å². The molecule has 1 N–H and O–H groups in total. The summed E-state index contributed by atoms with van der Waals surface area (Å²) in [4.78, 5) is 0. The van der Waals surface area contributed by atoms with E-state index in [2.05, 4.69) is 17.1 Å². The third-order valence-electron chi connectivity index (χ3n) is 2.52. The van der Waals surface area contributed by atoms with Crippen LogP contribution in [0.3, 0.4) is 0 Å². The standard InChI is InChI=1S/C7H13NS.ClH/c1-3-8-5-7(1)2-4-9-6-7;/h8H,1-6H2;1H. The highest BCUT2D eigenvalue weighted by Gasteiger charge is 2.36. The summed E-state index contributed by atoms with van der Waals surface area (Å²) >= 11 is 2.13. The molecule has 3 heteroatoms. The molecule has 60 valence electrons. The lowest BCUT2D eigenvalue weighted by Gasteiger charge is -2.18. The van der Waals surface area contributed by atoms with Crippen LogP contribution in [0.15, 0.2) is 0 Å². The predicted molar refractivity (Wildman–Crippen MR) is 49.1 cm³/mol. The molecular weight excluding hydrogens is 166 g/mol. The Balaban J connectivity index is 0.000000500. The second-order valence-corrected chi connectivity index (χ2v) is 4.33. The first-order valence-electron chi connectivity index (χ1n) is 3.70. The lowest BCUT2D eigenvalue weighted by molar-refractivity contribution is 0.379. The Labute approximate surface area is 72.7 Å². The summed E-state index contributed by atoms with van der Waals surface area (Å²) in [5, 5.41) is 3.44. The summed E-state index contributed by atoms with van der Waals surface area (Å²) in [6.45, 7) is 2.56. The average Bonchev–Trinajstić information content (AvgIpc) is 2.45. The van der Waals surface area contributed by atoms with Crippen molar-refractivity contribution in [3.63, 3.8) is 0 Å². The molecule has 0 bridgehead atoms. The molecule has 2 aliphatic rings. The third kappa shape index (κ3) is 1.44. The van der Waals surface area contributed by atoms with Crippen LogP contribution in [0.25, 0.3) is 0 Å². The Morgan fingerprint density at radius 2 is 2.20 bits per heavy atom. The number of thioether (sulfide) groups is 1. The lowest BCUT2D eigenvalue weighted by atomic mass is 9.87. The maximum atomic E-state index is 3.44. The minimum atomic E-state index is 0. The molecule has 2 heterocycles. The first-order chi connectivity index (χ1) is 4.41.